The van der Waals surface area contributed by atoms with Gasteiger partial charge in [-0.15, -0.1) is 0 Å². The first-order chi connectivity index (χ1) is 16.2. The molecule has 0 aliphatic rings. The number of rotatable bonds is 6. The van der Waals surface area contributed by atoms with Crippen molar-refractivity contribution in [1.82, 2.24) is 9.97 Å². The van der Waals surface area contributed by atoms with Gasteiger partial charge in [-0.2, -0.15) is 0 Å². The lowest BCUT2D eigenvalue weighted by Gasteiger charge is -2.21. The summed E-state index contributed by atoms with van der Waals surface area (Å²) in [7, 11) is 3.21. The van der Waals surface area contributed by atoms with Gasteiger partial charge in [0.15, 0.2) is 5.13 Å². The van der Waals surface area contributed by atoms with Crippen LogP contribution in [0.2, 0.25) is 0 Å². The number of thiazole rings is 1. The molecular formula is C26H21N3O3S. The monoisotopic (exact) mass is 455 g/mol. The van der Waals surface area contributed by atoms with Crippen LogP contribution in [0.15, 0.2) is 79.0 Å². The van der Waals surface area contributed by atoms with Crippen molar-refractivity contribution >= 4 is 43.4 Å². The van der Waals surface area contributed by atoms with Gasteiger partial charge in [-0.25, -0.2) is 4.98 Å². The van der Waals surface area contributed by atoms with Crippen molar-refractivity contribution in [2.75, 3.05) is 19.1 Å². The quantitative estimate of drug-likeness (QED) is 0.328. The molecule has 0 bridgehead atoms. The lowest BCUT2D eigenvalue weighted by Crippen LogP contribution is -2.31. The molecule has 2 aromatic heterocycles. The first kappa shape index (κ1) is 20.9. The fraction of sp³-hybridized carbons (Fsp3) is 0.115. The smallest absolute Gasteiger partial charge is 0.264 e. The Balaban J connectivity index is 1.63. The number of hydrogen-bond donors (Lipinski definition) is 0. The zero-order valence-electron chi connectivity index (χ0n) is 18.2. The molecule has 0 aliphatic carbocycles. The van der Waals surface area contributed by atoms with Gasteiger partial charge >= 0.3 is 0 Å². The Bertz CT molecular complexity index is 1450. The van der Waals surface area contributed by atoms with E-state index in [9.17, 15) is 4.79 Å². The molecule has 7 heteroatoms. The molecule has 0 atom stereocenters. The number of carbonyl (C=O) groups excluding carboxylic acids is 1. The van der Waals surface area contributed by atoms with Gasteiger partial charge in [-0.05, 0) is 53.2 Å². The Morgan fingerprint density at radius 1 is 0.939 bits per heavy atom. The summed E-state index contributed by atoms with van der Waals surface area (Å²) in [5.74, 6) is 1.07. The van der Waals surface area contributed by atoms with E-state index >= 15 is 0 Å². The summed E-state index contributed by atoms with van der Waals surface area (Å²) < 4.78 is 11.9. The van der Waals surface area contributed by atoms with Crippen molar-refractivity contribution in [1.29, 1.82) is 0 Å². The normalized spacial score (nSPS) is 11.0. The second-order valence-corrected chi connectivity index (χ2v) is 8.45. The average molecular weight is 456 g/mol. The first-order valence-electron chi connectivity index (χ1n) is 10.4. The molecule has 1 amide bonds. The molecule has 0 aliphatic heterocycles. The predicted octanol–water partition coefficient (Wildman–Crippen LogP) is 5.71. The second kappa shape index (κ2) is 8.88. The van der Waals surface area contributed by atoms with Crippen LogP contribution in [0.5, 0.6) is 11.5 Å². The largest absolute Gasteiger partial charge is 0.497 e. The van der Waals surface area contributed by atoms with E-state index in [1.54, 1.807) is 25.3 Å². The highest BCUT2D eigenvalue weighted by Crippen LogP contribution is 2.35. The van der Waals surface area contributed by atoms with Crippen LogP contribution in [0, 0.1) is 0 Å². The summed E-state index contributed by atoms with van der Waals surface area (Å²) in [4.78, 5) is 24.8. The zero-order valence-corrected chi connectivity index (χ0v) is 19.0. The van der Waals surface area contributed by atoms with Gasteiger partial charge in [0.05, 0.1) is 42.2 Å². The number of ether oxygens (including phenoxy) is 2. The van der Waals surface area contributed by atoms with Crippen LogP contribution in [-0.4, -0.2) is 30.1 Å². The van der Waals surface area contributed by atoms with E-state index in [0.717, 1.165) is 32.4 Å². The predicted molar refractivity (Wildman–Crippen MR) is 131 cm³/mol. The van der Waals surface area contributed by atoms with Crippen LogP contribution >= 0.6 is 11.3 Å². The van der Waals surface area contributed by atoms with Crippen LogP contribution in [-0.2, 0) is 6.54 Å². The number of carbonyl (C=O) groups is 1. The number of hydrogen-bond acceptors (Lipinski definition) is 6. The number of anilines is 1. The number of amides is 1. The molecule has 6 nitrogen and oxygen atoms in total. The van der Waals surface area contributed by atoms with Crippen LogP contribution in [0.25, 0.3) is 21.0 Å². The minimum absolute atomic E-state index is 0.200. The van der Waals surface area contributed by atoms with Crippen LogP contribution in [0.1, 0.15) is 16.1 Å². The lowest BCUT2D eigenvalue weighted by atomic mass is 10.0. The fourth-order valence-electron chi connectivity index (χ4n) is 3.72. The van der Waals surface area contributed by atoms with Crippen LogP contribution in [0.4, 0.5) is 5.13 Å². The highest BCUT2D eigenvalue weighted by Gasteiger charge is 2.25. The molecule has 0 unspecified atom stereocenters. The van der Waals surface area contributed by atoms with E-state index < -0.39 is 0 Å². The lowest BCUT2D eigenvalue weighted by molar-refractivity contribution is 0.0982. The van der Waals surface area contributed by atoms with Crippen LogP contribution in [0.3, 0.4) is 0 Å². The SMILES string of the molecule is COc1ccc2nc(N(Cc3ccccn3)C(=O)c3cc4ccccc4cc3OC)sc2c1. The Morgan fingerprint density at radius 2 is 1.73 bits per heavy atom. The standard InChI is InChI=1S/C26H21N3O3S/c1-31-20-10-11-22-24(15-20)33-26(28-22)29(16-19-9-5-6-12-27-19)25(30)21-13-17-7-3-4-8-18(17)14-23(21)32-2/h3-15H,16H2,1-2H3. The minimum atomic E-state index is -0.200. The summed E-state index contributed by atoms with van der Waals surface area (Å²) in [5.41, 5.74) is 2.05. The van der Waals surface area contributed by atoms with Gasteiger partial charge in [-0.3, -0.25) is 14.7 Å². The van der Waals surface area contributed by atoms with E-state index in [1.165, 1.54) is 11.3 Å². The molecule has 0 saturated heterocycles. The molecule has 2 heterocycles. The third kappa shape index (κ3) is 4.10. The summed E-state index contributed by atoms with van der Waals surface area (Å²) >= 11 is 1.44. The summed E-state index contributed by atoms with van der Waals surface area (Å²) in [6.07, 6.45) is 1.72. The first-order valence-corrected chi connectivity index (χ1v) is 11.2. The van der Waals surface area contributed by atoms with E-state index in [4.69, 9.17) is 14.5 Å². The topological polar surface area (TPSA) is 64.5 Å². The number of pyridine rings is 1. The molecule has 0 fully saturated rings. The number of methoxy groups -OCH3 is 2. The summed E-state index contributed by atoms with van der Waals surface area (Å²) in [6.45, 7) is 0.284. The molecule has 0 saturated carbocycles. The molecule has 164 valence electrons. The van der Waals surface area contributed by atoms with E-state index in [0.29, 0.717) is 16.4 Å². The maximum Gasteiger partial charge on any atom is 0.264 e. The minimum Gasteiger partial charge on any atom is -0.497 e. The highest BCUT2D eigenvalue weighted by atomic mass is 32.1. The third-order valence-electron chi connectivity index (χ3n) is 5.40. The Kier molecular flexibility index (Phi) is 5.62. The zero-order chi connectivity index (χ0) is 22.8. The van der Waals surface area contributed by atoms with Crippen molar-refractivity contribution in [3.05, 3.63) is 90.3 Å². The maximum atomic E-state index is 13.9. The molecule has 0 radical (unpaired) electrons. The second-order valence-electron chi connectivity index (χ2n) is 7.44. The molecule has 33 heavy (non-hydrogen) atoms. The molecule has 0 spiro atoms. The van der Waals surface area contributed by atoms with E-state index in [1.807, 2.05) is 72.8 Å². The third-order valence-corrected chi connectivity index (χ3v) is 6.45. The number of fused-ring (bicyclic) bond motifs is 2. The van der Waals surface area contributed by atoms with Gasteiger partial charge in [0.25, 0.3) is 5.91 Å². The van der Waals surface area contributed by atoms with E-state index in [2.05, 4.69) is 4.98 Å². The van der Waals surface area contributed by atoms with Gasteiger partial charge in [0.1, 0.15) is 11.5 Å². The molecular weight excluding hydrogens is 434 g/mol. The number of aromatic nitrogens is 2. The van der Waals surface area contributed by atoms with Crippen molar-refractivity contribution in [2.45, 2.75) is 6.54 Å². The van der Waals surface area contributed by atoms with Crippen LogP contribution < -0.4 is 14.4 Å². The fourth-order valence-corrected chi connectivity index (χ4v) is 4.71. The van der Waals surface area contributed by atoms with Gasteiger partial charge in [-0.1, -0.05) is 41.7 Å². The average Bonchev–Trinajstić information content (AvgIpc) is 3.29. The van der Waals surface area contributed by atoms with Gasteiger partial charge < -0.3 is 9.47 Å². The molecule has 0 N–H and O–H groups in total. The van der Waals surface area contributed by atoms with Crippen molar-refractivity contribution < 1.29 is 14.3 Å². The number of nitrogens with zero attached hydrogens (tertiary/aromatic N) is 3. The molecule has 5 rings (SSSR count). The number of benzene rings is 3. The Morgan fingerprint density at radius 3 is 2.45 bits per heavy atom. The van der Waals surface area contributed by atoms with Crippen molar-refractivity contribution in [3.63, 3.8) is 0 Å². The van der Waals surface area contributed by atoms with Crippen molar-refractivity contribution in [2.24, 2.45) is 0 Å². The molecule has 5 aromatic rings. The van der Waals surface area contributed by atoms with Gasteiger partial charge in [0.2, 0.25) is 0 Å². The van der Waals surface area contributed by atoms with Gasteiger partial charge in [0, 0.05) is 6.20 Å². The highest BCUT2D eigenvalue weighted by molar-refractivity contribution is 7.22. The maximum absolute atomic E-state index is 13.9. The van der Waals surface area contributed by atoms with E-state index in [-0.39, 0.29) is 12.5 Å². The summed E-state index contributed by atoms with van der Waals surface area (Å²) in [5, 5.41) is 2.56. The Labute approximate surface area is 195 Å². The summed E-state index contributed by atoms with van der Waals surface area (Å²) in [6, 6.07) is 23.0. The molecule has 3 aromatic carbocycles. The Hall–Kier alpha value is -3.97. The van der Waals surface area contributed by atoms with Crippen molar-refractivity contribution in [3.8, 4) is 11.5 Å².